The molecule has 10 heavy (non-hydrogen) atoms. The first-order chi connectivity index (χ1) is 4.86. The molecular formula is C8H7N2-. The highest BCUT2D eigenvalue weighted by molar-refractivity contribution is 5.74. The van der Waals surface area contributed by atoms with Crippen molar-refractivity contribution in [2.45, 2.75) is 6.92 Å². The molecule has 0 spiro atoms. The fraction of sp³-hybridized carbons (Fsp3) is 0.125. The maximum Gasteiger partial charge on any atom is -0.0384 e. The van der Waals surface area contributed by atoms with Gasteiger partial charge in [-0.15, -0.1) is 0 Å². The summed E-state index contributed by atoms with van der Waals surface area (Å²) in [6.07, 6.45) is 1.59. The normalized spacial score (nSPS) is 10.5. The van der Waals surface area contributed by atoms with Crippen LogP contribution in [0.2, 0.25) is 0 Å². The van der Waals surface area contributed by atoms with Crippen molar-refractivity contribution in [1.29, 1.82) is 0 Å². The van der Waals surface area contributed by atoms with Crippen molar-refractivity contribution >= 4 is 11.0 Å². The third kappa shape index (κ3) is 0.692. The Morgan fingerprint density at radius 2 is 2.30 bits per heavy atom. The van der Waals surface area contributed by atoms with Gasteiger partial charge < -0.3 is 9.97 Å². The topological polar surface area (TPSA) is 27.0 Å². The Balaban J connectivity index is 2.86. The van der Waals surface area contributed by atoms with E-state index >= 15 is 0 Å². The van der Waals surface area contributed by atoms with Crippen LogP contribution in [0, 0.1) is 6.92 Å². The van der Waals surface area contributed by atoms with E-state index < -0.39 is 0 Å². The number of aromatic nitrogens is 2. The molecule has 0 aliphatic carbocycles. The van der Waals surface area contributed by atoms with Gasteiger partial charge in [-0.05, 0) is 18.0 Å². The number of nitrogens with zero attached hydrogens (tertiary/aromatic N) is 2. The second-order valence-electron chi connectivity index (χ2n) is 2.37. The third-order valence-corrected chi connectivity index (χ3v) is 1.52. The Morgan fingerprint density at radius 1 is 1.40 bits per heavy atom. The molecule has 2 nitrogen and oxygen atoms in total. The third-order valence-electron chi connectivity index (χ3n) is 1.52. The molecule has 0 unspecified atom stereocenters. The van der Waals surface area contributed by atoms with E-state index in [0.717, 1.165) is 11.0 Å². The van der Waals surface area contributed by atoms with Gasteiger partial charge in [0.2, 0.25) is 0 Å². The first kappa shape index (κ1) is 5.47. The molecule has 1 aromatic heterocycles. The Labute approximate surface area is 58.9 Å². The monoisotopic (exact) mass is 131 g/mol. The van der Waals surface area contributed by atoms with Gasteiger partial charge in [0.05, 0.1) is 0 Å². The molecule has 0 saturated heterocycles. The second-order valence-corrected chi connectivity index (χ2v) is 2.37. The number of fused-ring (bicyclic) bond motifs is 1. The molecule has 0 fully saturated rings. The Hall–Kier alpha value is -1.31. The Kier molecular flexibility index (Phi) is 1.01. The van der Waals surface area contributed by atoms with Crippen molar-refractivity contribution in [2.24, 2.45) is 0 Å². The lowest BCUT2D eigenvalue weighted by Crippen LogP contribution is -1.72. The van der Waals surface area contributed by atoms with Crippen LogP contribution in [0.4, 0.5) is 0 Å². The number of hydrogen-bond donors (Lipinski definition) is 0. The lowest BCUT2D eigenvalue weighted by atomic mass is 10.2. The van der Waals surface area contributed by atoms with Crippen LogP contribution in [0.25, 0.3) is 11.0 Å². The fourth-order valence-electron chi connectivity index (χ4n) is 0.999. The van der Waals surface area contributed by atoms with E-state index in [9.17, 15) is 0 Å². The summed E-state index contributed by atoms with van der Waals surface area (Å²) in [7, 11) is 0. The second kappa shape index (κ2) is 1.84. The first-order valence-electron chi connectivity index (χ1n) is 3.20. The van der Waals surface area contributed by atoms with E-state index in [2.05, 4.69) is 9.97 Å². The molecule has 0 saturated carbocycles. The van der Waals surface area contributed by atoms with E-state index in [-0.39, 0.29) is 0 Å². The summed E-state index contributed by atoms with van der Waals surface area (Å²) < 4.78 is 0. The summed E-state index contributed by atoms with van der Waals surface area (Å²) in [6, 6.07) is 6.05. The summed E-state index contributed by atoms with van der Waals surface area (Å²) in [5.74, 6) is 0. The molecular weight excluding hydrogens is 124 g/mol. The fourth-order valence-corrected chi connectivity index (χ4v) is 0.999. The van der Waals surface area contributed by atoms with E-state index in [1.54, 1.807) is 6.33 Å². The number of aryl methyl sites for hydroxylation is 1. The van der Waals surface area contributed by atoms with Crippen LogP contribution in [0.15, 0.2) is 24.5 Å². The molecule has 0 aliphatic rings. The summed E-state index contributed by atoms with van der Waals surface area (Å²) >= 11 is 0. The summed E-state index contributed by atoms with van der Waals surface area (Å²) in [4.78, 5) is 8.12. The van der Waals surface area contributed by atoms with Crippen LogP contribution < -0.4 is 4.98 Å². The molecule has 0 atom stereocenters. The number of imidazole rings is 1. The average Bonchev–Trinajstić information content (AvgIpc) is 2.33. The van der Waals surface area contributed by atoms with Gasteiger partial charge in [0.15, 0.2) is 0 Å². The molecule has 2 aromatic rings. The van der Waals surface area contributed by atoms with Crippen LogP contribution >= 0.6 is 0 Å². The van der Waals surface area contributed by atoms with Crippen LogP contribution in [0.1, 0.15) is 5.56 Å². The summed E-state index contributed by atoms with van der Waals surface area (Å²) in [6.45, 7) is 2.05. The predicted molar refractivity (Wildman–Crippen MR) is 39.8 cm³/mol. The largest absolute Gasteiger partial charge is 0.443 e. The standard InChI is InChI=1S/C8H7N2/c1-6-2-3-7-8(4-6)10-5-9-7/h2-5H,1H3/q-1. The van der Waals surface area contributed by atoms with Gasteiger partial charge in [-0.2, -0.15) is 0 Å². The van der Waals surface area contributed by atoms with Gasteiger partial charge in [0, 0.05) is 0 Å². The van der Waals surface area contributed by atoms with Crippen LogP contribution in [0.5, 0.6) is 0 Å². The molecule has 1 heterocycles. The van der Waals surface area contributed by atoms with Gasteiger partial charge in [0.25, 0.3) is 0 Å². The van der Waals surface area contributed by atoms with Crippen molar-refractivity contribution in [1.82, 2.24) is 9.97 Å². The zero-order valence-corrected chi connectivity index (χ0v) is 5.70. The van der Waals surface area contributed by atoms with Gasteiger partial charge in [-0.1, -0.05) is 30.1 Å². The SMILES string of the molecule is Cc1ccc2[n-]cnc2c1. The van der Waals surface area contributed by atoms with Crippen molar-refractivity contribution in [3.05, 3.63) is 30.1 Å². The van der Waals surface area contributed by atoms with Gasteiger partial charge >= 0.3 is 0 Å². The minimum Gasteiger partial charge on any atom is -0.443 e. The smallest absolute Gasteiger partial charge is 0.0384 e. The highest BCUT2D eigenvalue weighted by Crippen LogP contribution is 2.08. The quantitative estimate of drug-likeness (QED) is 0.541. The number of benzene rings is 1. The number of hydrogen-bond acceptors (Lipinski definition) is 1. The Morgan fingerprint density at radius 3 is 3.20 bits per heavy atom. The average molecular weight is 131 g/mol. The highest BCUT2D eigenvalue weighted by Gasteiger charge is 1.85. The maximum absolute atomic E-state index is 4.07. The van der Waals surface area contributed by atoms with E-state index in [1.807, 2.05) is 25.1 Å². The van der Waals surface area contributed by atoms with Gasteiger partial charge in [-0.25, -0.2) is 0 Å². The van der Waals surface area contributed by atoms with Crippen LogP contribution in [-0.2, 0) is 0 Å². The number of rotatable bonds is 0. The molecule has 2 heteroatoms. The zero-order valence-electron chi connectivity index (χ0n) is 5.70. The molecule has 0 radical (unpaired) electrons. The Bertz CT molecular complexity index is 349. The van der Waals surface area contributed by atoms with Gasteiger partial charge in [0.1, 0.15) is 0 Å². The van der Waals surface area contributed by atoms with Crippen molar-refractivity contribution in [3.8, 4) is 0 Å². The minimum absolute atomic E-state index is 0.977. The molecule has 0 bridgehead atoms. The van der Waals surface area contributed by atoms with Crippen LogP contribution in [-0.4, -0.2) is 4.98 Å². The maximum atomic E-state index is 4.07. The lowest BCUT2D eigenvalue weighted by molar-refractivity contribution is 1.32. The highest BCUT2D eigenvalue weighted by atomic mass is 14.9. The van der Waals surface area contributed by atoms with Gasteiger partial charge in [-0.3, -0.25) is 0 Å². The molecule has 0 amide bonds. The van der Waals surface area contributed by atoms with E-state index in [4.69, 9.17) is 0 Å². The minimum atomic E-state index is 0.977. The van der Waals surface area contributed by atoms with Crippen molar-refractivity contribution in [2.75, 3.05) is 0 Å². The summed E-state index contributed by atoms with van der Waals surface area (Å²) in [5.41, 5.74) is 3.19. The molecule has 50 valence electrons. The van der Waals surface area contributed by atoms with Crippen molar-refractivity contribution < 1.29 is 0 Å². The first-order valence-corrected chi connectivity index (χ1v) is 3.20. The predicted octanol–water partition coefficient (Wildman–Crippen LogP) is 1.50. The molecule has 0 aliphatic heterocycles. The summed E-state index contributed by atoms with van der Waals surface area (Å²) in [5, 5.41) is 0. The zero-order chi connectivity index (χ0) is 6.97. The van der Waals surface area contributed by atoms with E-state index in [0.29, 0.717) is 0 Å². The molecule has 2 rings (SSSR count). The van der Waals surface area contributed by atoms with Crippen LogP contribution in [0.3, 0.4) is 0 Å². The molecule has 1 aromatic carbocycles. The van der Waals surface area contributed by atoms with Crippen molar-refractivity contribution in [3.63, 3.8) is 0 Å². The van der Waals surface area contributed by atoms with E-state index in [1.165, 1.54) is 5.56 Å². The lowest BCUT2D eigenvalue weighted by Gasteiger charge is -1.94. The molecule has 0 N–H and O–H groups in total.